The second-order valence-electron chi connectivity index (χ2n) is 7.46. The Hall–Kier alpha value is -2.76. The average Bonchev–Trinajstić information content (AvgIpc) is 3.19. The van der Waals surface area contributed by atoms with Crippen LogP contribution >= 0.6 is 23.4 Å². The molecule has 0 spiro atoms. The summed E-state index contributed by atoms with van der Waals surface area (Å²) in [6.45, 7) is 6.15. The third-order valence-electron chi connectivity index (χ3n) is 5.21. The van der Waals surface area contributed by atoms with Crippen LogP contribution in [0.5, 0.6) is 5.75 Å². The third kappa shape index (κ3) is 4.63. The van der Waals surface area contributed by atoms with Gasteiger partial charge in [0.1, 0.15) is 5.75 Å². The minimum atomic E-state index is 0.695. The number of nitrogens with zero attached hydrogens (tertiary/aromatic N) is 3. The SMILES string of the molecule is COc1c(C)cnc(CSc2nc(-c3ccc(C)cc3)cn2-c2ccc(Cl)cc2)c1C. The van der Waals surface area contributed by atoms with Crippen molar-refractivity contribution in [2.45, 2.75) is 31.7 Å². The highest BCUT2D eigenvalue weighted by molar-refractivity contribution is 7.98. The molecule has 0 unspecified atom stereocenters. The number of rotatable bonds is 6. The van der Waals surface area contributed by atoms with E-state index in [0.717, 1.165) is 44.7 Å². The first-order valence-corrected chi connectivity index (χ1v) is 11.4. The molecule has 158 valence electrons. The molecule has 2 heterocycles. The fourth-order valence-corrected chi connectivity index (χ4v) is 4.61. The predicted molar refractivity (Wildman–Crippen MR) is 129 cm³/mol. The summed E-state index contributed by atoms with van der Waals surface area (Å²) in [6, 6.07) is 16.2. The van der Waals surface area contributed by atoms with Crippen molar-refractivity contribution in [3.05, 3.63) is 88.3 Å². The average molecular weight is 450 g/mol. The zero-order valence-electron chi connectivity index (χ0n) is 18.0. The summed E-state index contributed by atoms with van der Waals surface area (Å²) in [7, 11) is 1.70. The molecule has 4 nitrogen and oxygen atoms in total. The Labute approximate surface area is 192 Å². The van der Waals surface area contributed by atoms with Gasteiger partial charge in [-0.1, -0.05) is 53.2 Å². The zero-order valence-corrected chi connectivity index (χ0v) is 19.6. The van der Waals surface area contributed by atoms with E-state index in [1.54, 1.807) is 18.9 Å². The number of hydrogen-bond donors (Lipinski definition) is 0. The number of aryl methyl sites for hydroxylation is 2. The van der Waals surface area contributed by atoms with Crippen LogP contribution in [0.25, 0.3) is 16.9 Å². The van der Waals surface area contributed by atoms with E-state index < -0.39 is 0 Å². The van der Waals surface area contributed by atoms with Crippen molar-refractivity contribution in [2.75, 3.05) is 7.11 Å². The van der Waals surface area contributed by atoms with Gasteiger partial charge in [-0.3, -0.25) is 9.55 Å². The highest BCUT2D eigenvalue weighted by Crippen LogP contribution is 2.32. The van der Waals surface area contributed by atoms with Crippen LogP contribution in [-0.2, 0) is 5.75 Å². The smallest absolute Gasteiger partial charge is 0.173 e. The van der Waals surface area contributed by atoms with Gasteiger partial charge in [0.25, 0.3) is 0 Å². The summed E-state index contributed by atoms with van der Waals surface area (Å²) < 4.78 is 7.67. The molecule has 0 saturated carbocycles. The van der Waals surface area contributed by atoms with Crippen molar-refractivity contribution in [1.82, 2.24) is 14.5 Å². The molecule has 0 aliphatic rings. The van der Waals surface area contributed by atoms with Gasteiger partial charge < -0.3 is 4.74 Å². The third-order valence-corrected chi connectivity index (χ3v) is 6.43. The van der Waals surface area contributed by atoms with E-state index >= 15 is 0 Å². The lowest BCUT2D eigenvalue weighted by atomic mass is 10.1. The van der Waals surface area contributed by atoms with Gasteiger partial charge in [-0.15, -0.1) is 0 Å². The van der Waals surface area contributed by atoms with E-state index in [1.807, 2.05) is 37.4 Å². The summed E-state index contributed by atoms with van der Waals surface area (Å²) >= 11 is 7.76. The van der Waals surface area contributed by atoms with Gasteiger partial charge in [-0.25, -0.2) is 4.98 Å². The monoisotopic (exact) mass is 449 g/mol. The maximum Gasteiger partial charge on any atom is 0.173 e. The molecule has 2 aromatic carbocycles. The molecule has 0 fully saturated rings. The van der Waals surface area contributed by atoms with E-state index in [9.17, 15) is 0 Å². The number of imidazole rings is 1. The number of ether oxygens (including phenoxy) is 1. The Bertz CT molecular complexity index is 1200. The van der Waals surface area contributed by atoms with Crippen molar-refractivity contribution < 1.29 is 4.74 Å². The van der Waals surface area contributed by atoms with E-state index in [0.29, 0.717) is 10.8 Å². The molecule has 0 aliphatic carbocycles. The summed E-state index contributed by atoms with van der Waals surface area (Å²) in [5.41, 5.74) is 7.37. The molecule has 0 aliphatic heterocycles. The van der Waals surface area contributed by atoms with Crippen molar-refractivity contribution in [2.24, 2.45) is 0 Å². The van der Waals surface area contributed by atoms with Gasteiger partial charge in [0.2, 0.25) is 0 Å². The molecule has 31 heavy (non-hydrogen) atoms. The van der Waals surface area contributed by atoms with Crippen LogP contribution in [0.15, 0.2) is 66.1 Å². The van der Waals surface area contributed by atoms with Crippen LogP contribution < -0.4 is 4.74 Å². The largest absolute Gasteiger partial charge is 0.496 e. The van der Waals surface area contributed by atoms with Gasteiger partial charge in [0.05, 0.1) is 18.5 Å². The summed E-state index contributed by atoms with van der Waals surface area (Å²) in [4.78, 5) is 9.58. The summed E-state index contributed by atoms with van der Waals surface area (Å²) in [6.07, 6.45) is 3.94. The molecule has 0 atom stereocenters. The van der Waals surface area contributed by atoms with E-state index in [4.69, 9.17) is 21.3 Å². The first kappa shape index (κ1) is 21.5. The number of hydrogen-bond acceptors (Lipinski definition) is 4. The first-order valence-electron chi connectivity index (χ1n) is 10.0. The summed E-state index contributed by atoms with van der Waals surface area (Å²) in [5.74, 6) is 1.59. The second kappa shape index (κ2) is 9.16. The molecule has 0 saturated heterocycles. The fraction of sp³-hybridized carbons (Fsp3) is 0.200. The molecule has 4 rings (SSSR count). The standard InChI is InChI=1S/C25H24ClN3OS/c1-16-5-7-19(8-6-16)22-14-29(21-11-9-20(26)10-12-21)25(28-22)31-15-23-18(3)24(30-4)17(2)13-27-23/h5-14H,15H2,1-4H3. The minimum absolute atomic E-state index is 0.695. The van der Waals surface area contributed by atoms with Gasteiger partial charge >= 0.3 is 0 Å². The Morgan fingerprint density at radius 1 is 1.00 bits per heavy atom. The molecule has 0 amide bonds. The minimum Gasteiger partial charge on any atom is -0.496 e. The molecule has 0 radical (unpaired) electrons. The quantitative estimate of drug-likeness (QED) is 0.303. The lowest BCUT2D eigenvalue weighted by Gasteiger charge is -2.12. The number of benzene rings is 2. The van der Waals surface area contributed by atoms with Gasteiger partial charge in [0.15, 0.2) is 5.16 Å². The van der Waals surface area contributed by atoms with Crippen LogP contribution in [0.1, 0.15) is 22.4 Å². The van der Waals surface area contributed by atoms with Crippen molar-refractivity contribution >= 4 is 23.4 Å². The van der Waals surface area contributed by atoms with Crippen LogP contribution in [0.2, 0.25) is 5.02 Å². The maximum atomic E-state index is 6.10. The summed E-state index contributed by atoms with van der Waals surface area (Å²) in [5, 5.41) is 1.61. The lowest BCUT2D eigenvalue weighted by molar-refractivity contribution is 0.407. The number of halogens is 1. The number of methoxy groups -OCH3 is 1. The fourth-order valence-electron chi connectivity index (χ4n) is 3.46. The van der Waals surface area contributed by atoms with E-state index in [2.05, 4.69) is 53.9 Å². The predicted octanol–water partition coefficient (Wildman–Crippen LogP) is 6.81. The number of thioether (sulfide) groups is 1. The maximum absolute atomic E-state index is 6.10. The normalized spacial score (nSPS) is 11.0. The van der Waals surface area contributed by atoms with Crippen molar-refractivity contribution in [3.8, 4) is 22.7 Å². The highest BCUT2D eigenvalue weighted by Gasteiger charge is 2.15. The van der Waals surface area contributed by atoms with Gasteiger partial charge in [-0.05, 0) is 45.0 Å². The van der Waals surface area contributed by atoms with Crippen LogP contribution in [0.4, 0.5) is 0 Å². The van der Waals surface area contributed by atoms with Crippen LogP contribution in [-0.4, -0.2) is 21.6 Å². The van der Waals surface area contributed by atoms with Crippen LogP contribution in [0.3, 0.4) is 0 Å². The Balaban J connectivity index is 1.70. The first-order chi connectivity index (χ1) is 15.0. The topological polar surface area (TPSA) is 39.9 Å². The molecule has 4 aromatic rings. The number of pyridine rings is 1. The molecule has 0 bridgehead atoms. The van der Waals surface area contributed by atoms with Gasteiger partial charge in [-0.2, -0.15) is 0 Å². The van der Waals surface area contributed by atoms with Crippen LogP contribution in [0, 0.1) is 20.8 Å². The van der Waals surface area contributed by atoms with Crippen molar-refractivity contribution in [3.63, 3.8) is 0 Å². The van der Waals surface area contributed by atoms with Gasteiger partial charge in [0, 0.05) is 45.5 Å². The van der Waals surface area contributed by atoms with E-state index in [-0.39, 0.29) is 0 Å². The lowest BCUT2D eigenvalue weighted by Crippen LogP contribution is -2.00. The van der Waals surface area contributed by atoms with E-state index in [1.165, 1.54) is 5.56 Å². The second-order valence-corrected chi connectivity index (χ2v) is 8.83. The molecular formula is C25H24ClN3OS. The molecule has 2 aromatic heterocycles. The Morgan fingerprint density at radius 2 is 1.71 bits per heavy atom. The molecule has 0 N–H and O–H groups in total. The Kier molecular flexibility index (Phi) is 6.35. The number of aromatic nitrogens is 3. The zero-order chi connectivity index (χ0) is 22.0. The molecule has 6 heteroatoms. The Morgan fingerprint density at radius 3 is 2.39 bits per heavy atom. The molecular weight excluding hydrogens is 426 g/mol. The highest BCUT2D eigenvalue weighted by atomic mass is 35.5. The van der Waals surface area contributed by atoms with Crippen molar-refractivity contribution in [1.29, 1.82) is 0 Å².